The van der Waals surface area contributed by atoms with Gasteiger partial charge in [-0.25, -0.2) is 0 Å². The maximum absolute atomic E-state index is 12.5. The summed E-state index contributed by atoms with van der Waals surface area (Å²) >= 11 is 0. The molecule has 26 heavy (non-hydrogen) atoms. The number of carbonyl (C=O) groups excluding carboxylic acids is 2. The number of carbonyl (C=O) groups is 2. The van der Waals surface area contributed by atoms with Crippen molar-refractivity contribution in [2.24, 2.45) is 0 Å². The van der Waals surface area contributed by atoms with Gasteiger partial charge in [0, 0.05) is 29.1 Å². The second-order valence-electron chi connectivity index (χ2n) is 5.66. The van der Waals surface area contributed by atoms with Crippen molar-refractivity contribution in [1.82, 2.24) is 0 Å². The SMILES string of the molecule is Cc1c(NC(=O)c2cccc[n+]2[O-])cccc1C(=O)Nc1ccccc1. The second-order valence-corrected chi connectivity index (χ2v) is 5.66. The van der Waals surface area contributed by atoms with Gasteiger partial charge >= 0.3 is 5.91 Å². The topological polar surface area (TPSA) is 85.1 Å². The number of benzene rings is 2. The predicted molar refractivity (Wildman–Crippen MR) is 98.9 cm³/mol. The summed E-state index contributed by atoms with van der Waals surface area (Å²) in [5.41, 5.74) is 2.19. The predicted octanol–water partition coefficient (Wildman–Crippen LogP) is 3.13. The van der Waals surface area contributed by atoms with Crippen molar-refractivity contribution in [3.8, 4) is 0 Å². The number of nitrogens with one attached hydrogen (secondary N) is 2. The minimum Gasteiger partial charge on any atom is -0.618 e. The van der Waals surface area contributed by atoms with Gasteiger partial charge in [0.1, 0.15) is 0 Å². The van der Waals surface area contributed by atoms with Crippen LogP contribution < -0.4 is 15.4 Å². The molecular formula is C20H17N3O3. The van der Waals surface area contributed by atoms with E-state index in [9.17, 15) is 14.8 Å². The quantitative estimate of drug-likeness (QED) is 0.562. The highest BCUT2D eigenvalue weighted by molar-refractivity contribution is 6.08. The first-order valence-electron chi connectivity index (χ1n) is 8.02. The molecule has 3 rings (SSSR count). The lowest BCUT2D eigenvalue weighted by Gasteiger charge is -2.12. The number of hydrogen-bond acceptors (Lipinski definition) is 3. The lowest BCUT2D eigenvalue weighted by Crippen LogP contribution is -2.36. The fraction of sp³-hybridized carbons (Fsp3) is 0.0500. The Labute approximate surface area is 150 Å². The maximum Gasteiger partial charge on any atom is 0.321 e. The first-order chi connectivity index (χ1) is 12.6. The number of aromatic nitrogens is 1. The molecular weight excluding hydrogens is 330 g/mol. The zero-order valence-corrected chi connectivity index (χ0v) is 14.1. The normalized spacial score (nSPS) is 10.2. The van der Waals surface area contributed by atoms with Crippen LogP contribution in [-0.2, 0) is 0 Å². The van der Waals surface area contributed by atoms with E-state index in [-0.39, 0.29) is 11.6 Å². The van der Waals surface area contributed by atoms with Gasteiger partial charge < -0.3 is 15.8 Å². The molecule has 2 aromatic carbocycles. The van der Waals surface area contributed by atoms with Crippen LogP contribution in [0.25, 0.3) is 0 Å². The van der Waals surface area contributed by atoms with Gasteiger partial charge in [0.25, 0.3) is 11.6 Å². The summed E-state index contributed by atoms with van der Waals surface area (Å²) in [6.45, 7) is 1.74. The molecule has 0 aliphatic carbocycles. The highest BCUT2D eigenvalue weighted by atomic mass is 16.5. The summed E-state index contributed by atoms with van der Waals surface area (Å²) in [5, 5.41) is 17.2. The van der Waals surface area contributed by atoms with Gasteiger partial charge in [-0.1, -0.05) is 24.3 Å². The third-order valence-electron chi connectivity index (χ3n) is 3.92. The summed E-state index contributed by atoms with van der Waals surface area (Å²) in [7, 11) is 0. The van der Waals surface area contributed by atoms with E-state index in [4.69, 9.17) is 0 Å². The Bertz CT molecular complexity index is 956. The molecule has 1 heterocycles. The Kier molecular flexibility index (Phi) is 4.94. The van der Waals surface area contributed by atoms with Gasteiger partial charge in [0.2, 0.25) is 0 Å². The smallest absolute Gasteiger partial charge is 0.321 e. The number of anilines is 2. The molecule has 0 unspecified atom stereocenters. The van der Waals surface area contributed by atoms with Gasteiger partial charge in [0.15, 0.2) is 6.20 Å². The van der Waals surface area contributed by atoms with Crippen molar-refractivity contribution in [3.05, 3.63) is 95.0 Å². The molecule has 0 fully saturated rings. The highest BCUT2D eigenvalue weighted by Crippen LogP contribution is 2.21. The Balaban J connectivity index is 1.82. The third-order valence-corrected chi connectivity index (χ3v) is 3.92. The molecule has 0 spiro atoms. The average Bonchev–Trinajstić information content (AvgIpc) is 2.64. The molecule has 0 aliphatic rings. The van der Waals surface area contributed by atoms with Crippen LogP contribution in [0, 0.1) is 12.1 Å². The number of amides is 2. The molecule has 6 heteroatoms. The first-order valence-corrected chi connectivity index (χ1v) is 8.02. The minimum atomic E-state index is -0.538. The Hall–Kier alpha value is -3.67. The van der Waals surface area contributed by atoms with E-state index in [0.717, 1.165) is 0 Å². The van der Waals surface area contributed by atoms with E-state index in [1.165, 1.54) is 12.3 Å². The fourth-order valence-corrected chi connectivity index (χ4v) is 2.53. The van der Waals surface area contributed by atoms with Crippen LogP contribution in [0.1, 0.15) is 26.4 Å². The van der Waals surface area contributed by atoms with Crippen LogP contribution in [0.4, 0.5) is 11.4 Å². The van der Waals surface area contributed by atoms with E-state index >= 15 is 0 Å². The van der Waals surface area contributed by atoms with Crippen LogP contribution >= 0.6 is 0 Å². The lowest BCUT2D eigenvalue weighted by molar-refractivity contribution is -0.607. The van der Waals surface area contributed by atoms with Gasteiger partial charge in [0.05, 0.1) is 0 Å². The summed E-state index contributed by atoms with van der Waals surface area (Å²) in [4.78, 5) is 24.8. The number of para-hydroxylation sites is 1. The standard InChI is InChI=1S/C20H17N3O3/c1-14-16(19(24)21-15-8-3-2-4-9-15)10-7-11-17(14)22-20(25)18-12-5-6-13-23(18)26/h2-13H,1H3,(H,21,24)(H,22,25). The lowest BCUT2D eigenvalue weighted by atomic mass is 10.1. The van der Waals surface area contributed by atoms with Gasteiger partial charge in [-0.15, -0.1) is 0 Å². The van der Waals surface area contributed by atoms with Crippen LogP contribution in [0.5, 0.6) is 0 Å². The summed E-state index contributed by atoms with van der Waals surface area (Å²) < 4.78 is 0.497. The molecule has 130 valence electrons. The van der Waals surface area contributed by atoms with E-state index in [2.05, 4.69) is 10.6 Å². The maximum atomic E-state index is 12.5. The fourth-order valence-electron chi connectivity index (χ4n) is 2.53. The molecule has 1 aromatic heterocycles. The molecule has 6 nitrogen and oxygen atoms in total. The molecule has 0 atom stereocenters. The van der Waals surface area contributed by atoms with Crippen molar-refractivity contribution in [3.63, 3.8) is 0 Å². The first kappa shape index (κ1) is 17.2. The van der Waals surface area contributed by atoms with Gasteiger partial charge in [-0.05, 0) is 42.8 Å². The van der Waals surface area contributed by atoms with Crippen molar-refractivity contribution in [2.75, 3.05) is 10.6 Å². The Morgan fingerprint density at radius 2 is 1.58 bits per heavy atom. The van der Waals surface area contributed by atoms with Gasteiger partial charge in [-0.2, -0.15) is 4.73 Å². The summed E-state index contributed by atoms with van der Waals surface area (Å²) in [6, 6.07) is 18.7. The van der Waals surface area contributed by atoms with Crippen LogP contribution in [-0.4, -0.2) is 11.8 Å². The van der Waals surface area contributed by atoms with Crippen LogP contribution in [0.3, 0.4) is 0 Å². The van der Waals surface area contributed by atoms with Crippen LogP contribution in [0.15, 0.2) is 72.9 Å². The minimum absolute atomic E-state index is 0.0222. The van der Waals surface area contributed by atoms with Crippen molar-refractivity contribution < 1.29 is 14.3 Å². The molecule has 0 saturated carbocycles. The number of rotatable bonds is 4. The molecule has 2 N–H and O–H groups in total. The molecule has 0 aliphatic heterocycles. The number of pyridine rings is 1. The van der Waals surface area contributed by atoms with E-state index in [1.54, 1.807) is 49.4 Å². The largest absolute Gasteiger partial charge is 0.618 e. The van der Waals surface area contributed by atoms with E-state index in [1.807, 2.05) is 18.2 Å². The van der Waals surface area contributed by atoms with Crippen LogP contribution in [0.2, 0.25) is 0 Å². The van der Waals surface area contributed by atoms with Crippen molar-refractivity contribution in [1.29, 1.82) is 0 Å². The zero-order valence-electron chi connectivity index (χ0n) is 14.1. The van der Waals surface area contributed by atoms with Gasteiger partial charge in [-0.3, -0.25) is 9.59 Å². The van der Waals surface area contributed by atoms with Crippen molar-refractivity contribution >= 4 is 23.2 Å². The molecule has 0 bridgehead atoms. The second kappa shape index (κ2) is 7.48. The molecule has 0 radical (unpaired) electrons. The molecule has 2 amide bonds. The highest BCUT2D eigenvalue weighted by Gasteiger charge is 2.18. The third kappa shape index (κ3) is 3.70. The summed E-state index contributed by atoms with van der Waals surface area (Å²) in [6.07, 6.45) is 1.26. The molecule has 3 aromatic rings. The Morgan fingerprint density at radius 1 is 0.846 bits per heavy atom. The van der Waals surface area contributed by atoms with E-state index < -0.39 is 5.91 Å². The Morgan fingerprint density at radius 3 is 2.31 bits per heavy atom. The number of hydrogen-bond donors (Lipinski definition) is 2. The average molecular weight is 347 g/mol. The van der Waals surface area contributed by atoms with E-state index in [0.29, 0.717) is 27.2 Å². The number of nitrogens with zero attached hydrogens (tertiary/aromatic N) is 1. The van der Waals surface area contributed by atoms with Crippen molar-refractivity contribution in [2.45, 2.75) is 6.92 Å². The monoisotopic (exact) mass is 347 g/mol. The zero-order chi connectivity index (χ0) is 18.5. The molecule has 0 saturated heterocycles. The summed E-state index contributed by atoms with van der Waals surface area (Å²) in [5.74, 6) is -0.812.